The minimum absolute atomic E-state index is 0.154. The lowest BCUT2D eigenvalue weighted by Crippen LogP contribution is -2.26. The smallest absolute Gasteiger partial charge is 0.138 e. The molecule has 0 aliphatic carbocycles. The molecule has 0 spiro atoms. The summed E-state index contributed by atoms with van der Waals surface area (Å²) in [4.78, 5) is 0. The van der Waals surface area contributed by atoms with Crippen LogP contribution in [-0.2, 0) is 0 Å². The van der Waals surface area contributed by atoms with Crippen LogP contribution in [0.3, 0.4) is 0 Å². The summed E-state index contributed by atoms with van der Waals surface area (Å²) in [7, 11) is 0. The topological polar surface area (TPSA) is 41.5 Å². The van der Waals surface area contributed by atoms with E-state index in [1.165, 1.54) is 0 Å². The van der Waals surface area contributed by atoms with Crippen molar-refractivity contribution in [3.05, 3.63) is 58.6 Å². The summed E-state index contributed by atoms with van der Waals surface area (Å²) >= 11 is 12.0. The molecule has 3 nitrogen and oxygen atoms in total. The number of aliphatic hydroxyl groups is 1. The van der Waals surface area contributed by atoms with E-state index in [9.17, 15) is 5.11 Å². The average Bonchev–Trinajstić information content (AvgIpc) is 2.45. The third kappa shape index (κ3) is 4.30. The predicted molar refractivity (Wildman–Crippen MR) is 82.9 cm³/mol. The number of rotatable bonds is 6. The molecule has 0 heterocycles. The lowest BCUT2D eigenvalue weighted by Gasteiger charge is -2.15. The predicted octanol–water partition coefficient (Wildman–Crippen LogP) is 3.85. The van der Waals surface area contributed by atoms with Crippen molar-refractivity contribution in [2.75, 3.05) is 18.5 Å². The molecule has 2 rings (SSSR count). The highest BCUT2D eigenvalue weighted by atomic mass is 35.5. The first-order chi connectivity index (χ1) is 9.66. The molecule has 0 saturated heterocycles. The fraction of sp³-hybridized carbons (Fsp3) is 0.200. The van der Waals surface area contributed by atoms with Gasteiger partial charge in [0.15, 0.2) is 0 Å². The number of anilines is 1. The molecule has 2 aromatic carbocycles. The molecule has 2 aromatic rings. The van der Waals surface area contributed by atoms with E-state index in [2.05, 4.69) is 5.32 Å². The Labute approximate surface area is 128 Å². The van der Waals surface area contributed by atoms with Crippen molar-refractivity contribution in [2.45, 2.75) is 6.10 Å². The van der Waals surface area contributed by atoms with Crippen LogP contribution in [0.2, 0.25) is 10.0 Å². The van der Waals surface area contributed by atoms with Crippen LogP contribution in [0.4, 0.5) is 5.69 Å². The first-order valence-corrected chi connectivity index (χ1v) is 6.96. The summed E-state index contributed by atoms with van der Waals surface area (Å²) in [5, 5.41) is 14.1. The van der Waals surface area contributed by atoms with Crippen LogP contribution in [0, 0.1) is 0 Å². The second-order valence-corrected chi connectivity index (χ2v) is 5.07. The number of aliphatic hydroxyl groups excluding tert-OH is 1. The van der Waals surface area contributed by atoms with E-state index in [1.807, 2.05) is 30.3 Å². The second kappa shape index (κ2) is 7.39. The Balaban J connectivity index is 1.80. The molecule has 0 aromatic heterocycles. The van der Waals surface area contributed by atoms with Crippen molar-refractivity contribution in [3.63, 3.8) is 0 Å². The molecule has 0 amide bonds. The Morgan fingerprint density at radius 2 is 1.65 bits per heavy atom. The minimum atomic E-state index is -0.664. The lowest BCUT2D eigenvalue weighted by molar-refractivity contribution is 0.117. The van der Waals surface area contributed by atoms with Crippen molar-refractivity contribution in [1.29, 1.82) is 0 Å². The van der Waals surface area contributed by atoms with Crippen molar-refractivity contribution < 1.29 is 9.84 Å². The van der Waals surface area contributed by atoms with Gasteiger partial charge in [0, 0.05) is 6.54 Å². The van der Waals surface area contributed by atoms with Gasteiger partial charge in [-0.2, -0.15) is 0 Å². The molecular weight excluding hydrogens is 297 g/mol. The number of benzene rings is 2. The number of ether oxygens (including phenoxy) is 1. The van der Waals surface area contributed by atoms with E-state index in [-0.39, 0.29) is 6.61 Å². The molecule has 20 heavy (non-hydrogen) atoms. The fourth-order valence-electron chi connectivity index (χ4n) is 1.64. The van der Waals surface area contributed by atoms with Gasteiger partial charge in [-0.25, -0.2) is 0 Å². The van der Waals surface area contributed by atoms with Gasteiger partial charge in [0.1, 0.15) is 18.5 Å². The maximum atomic E-state index is 9.88. The summed E-state index contributed by atoms with van der Waals surface area (Å²) in [6.45, 7) is 0.495. The van der Waals surface area contributed by atoms with Gasteiger partial charge in [-0.05, 0) is 24.3 Å². The van der Waals surface area contributed by atoms with Gasteiger partial charge in [0.05, 0.1) is 15.7 Å². The fourth-order valence-corrected chi connectivity index (χ4v) is 2.03. The molecule has 1 unspecified atom stereocenters. The summed E-state index contributed by atoms with van der Waals surface area (Å²) < 4.78 is 5.46. The highest BCUT2D eigenvalue weighted by Gasteiger charge is 2.08. The van der Waals surface area contributed by atoms with Gasteiger partial charge in [-0.1, -0.05) is 47.5 Å². The third-order valence-electron chi connectivity index (χ3n) is 2.67. The molecule has 5 heteroatoms. The quantitative estimate of drug-likeness (QED) is 0.851. The van der Waals surface area contributed by atoms with E-state index < -0.39 is 6.10 Å². The van der Waals surface area contributed by atoms with Crippen LogP contribution in [0.5, 0.6) is 5.75 Å². The van der Waals surface area contributed by atoms with Crippen LogP contribution in [0.15, 0.2) is 48.5 Å². The van der Waals surface area contributed by atoms with E-state index in [4.69, 9.17) is 27.9 Å². The van der Waals surface area contributed by atoms with Gasteiger partial charge in [0.2, 0.25) is 0 Å². The Bertz CT molecular complexity index is 514. The number of para-hydroxylation sites is 2. The van der Waals surface area contributed by atoms with Crippen molar-refractivity contribution in [2.24, 2.45) is 0 Å². The van der Waals surface area contributed by atoms with Crippen LogP contribution in [-0.4, -0.2) is 24.4 Å². The molecule has 0 radical (unpaired) electrons. The summed E-state index contributed by atoms with van der Waals surface area (Å²) in [6, 6.07) is 14.5. The van der Waals surface area contributed by atoms with E-state index in [0.29, 0.717) is 22.3 Å². The molecule has 0 bridgehead atoms. The van der Waals surface area contributed by atoms with Crippen molar-refractivity contribution in [1.82, 2.24) is 0 Å². The molecule has 0 aliphatic heterocycles. The number of nitrogens with one attached hydrogen (secondary N) is 1. The number of hydrogen-bond acceptors (Lipinski definition) is 3. The highest BCUT2D eigenvalue weighted by Crippen LogP contribution is 2.23. The van der Waals surface area contributed by atoms with Crippen LogP contribution in [0.1, 0.15) is 0 Å². The van der Waals surface area contributed by atoms with E-state index in [1.54, 1.807) is 18.2 Å². The lowest BCUT2D eigenvalue weighted by atomic mass is 10.3. The molecule has 106 valence electrons. The van der Waals surface area contributed by atoms with Gasteiger partial charge < -0.3 is 15.2 Å². The zero-order valence-corrected chi connectivity index (χ0v) is 12.2. The molecule has 1 atom stereocenters. The maximum absolute atomic E-state index is 9.88. The van der Waals surface area contributed by atoms with Crippen molar-refractivity contribution in [3.8, 4) is 5.75 Å². The largest absolute Gasteiger partial charge is 0.489 e. The summed E-state index contributed by atoms with van der Waals surface area (Å²) in [6.07, 6.45) is -0.664. The summed E-state index contributed by atoms with van der Waals surface area (Å²) in [5.41, 5.74) is 0.783. The molecule has 0 fully saturated rings. The first kappa shape index (κ1) is 15.0. The standard InChI is InChI=1S/C15H15Cl2NO2/c16-12-5-1-3-7-14(12)18-9-11(19)10-20-15-8-4-2-6-13(15)17/h1-8,11,18-19H,9-10H2. The van der Waals surface area contributed by atoms with Crippen LogP contribution < -0.4 is 10.1 Å². The monoisotopic (exact) mass is 311 g/mol. The Hall–Kier alpha value is -1.42. The summed E-state index contributed by atoms with van der Waals surface area (Å²) in [5.74, 6) is 0.561. The van der Waals surface area contributed by atoms with Crippen molar-refractivity contribution >= 4 is 28.9 Å². The van der Waals surface area contributed by atoms with Crippen LogP contribution in [0.25, 0.3) is 0 Å². The molecule has 0 aliphatic rings. The maximum Gasteiger partial charge on any atom is 0.138 e. The third-order valence-corrected chi connectivity index (χ3v) is 3.31. The number of halogens is 2. The van der Waals surface area contributed by atoms with Gasteiger partial charge in [-0.15, -0.1) is 0 Å². The molecule has 2 N–H and O–H groups in total. The SMILES string of the molecule is OC(CNc1ccccc1Cl)COc1ccccc1Cl. The van der Waals surface area contributed by atoms with E-state index >= 15 is 0 Å². The first-order valence-electron chi connectivity index (χ1n) is 6.20. The second-order valence-electron chi connectivity index (χ2n) is 4.26. The number of hydrogen-bond donors (Lipinski definition) is 2. The van der Waals surface area contributed by atoms with Gasteiger partial charge in [-0.3, -0.25) is 0 Å². The highest BCUT2D eigenvalue weighted by molar-refractivity contribution is 6.33. The van der Waals surface area contributed by atoms with Crippen LogP contribution >= 0.6 is 23.2 Å². The minimum Gasteiger partial charge on any atom is -0.489 e. The Morgan fingerprint density at radius 3 is 2.35 bits per heavy atom. The Morgan fingerprint density at radius 1 is 1.00 bits per heavy atom. The average molecular weight is 312 g/mol. The van der Waals surface area contributed by atoms with Gasteiger partial charge >= 0.3 is 0 Å². The normalized spacial score (nSPS) is 11.9. The Kier molecular flexibility index (Phi) is 5.53. The zero-order valence-electron chi connectivity index (χ0n) is 10.7. The van der Waals surface area contributed by atoms with E-state index in [0.717, 1.165) is 5.69 Å². The molecular formula is C15H15Cl2NO2. The zero-order chi connectivity index (χ0) is 14.4. The van der Waals surface area contributed by atoms with Gasteiger partial charge in [0.25, 0.3) is 0 Å². The molecule has 0 saturated carbocycles.